The summed E-state index contributed by atoms with van der Waals surface area (Å²) in [6.07, 6.45) is 4.86. The van der Waals surface area contributed by atoms with E-state index in [0.717, 1.165) is 64.1 Å². The van der Waals surface area contributed by atoms with Crippen LogP contribution in [0.5, 0.6) is 0 Å². The molecule has 1 spiro atoms. The molecule has 0 amide bonds. The predicted octanol–water partition coefficient (Wildman–Crippen LogP) is 5.87. The number of hydrogen-bond donors (Lipinski definition) is 0. The lowest BCUT2D eigenvalue weighted by Gasteiger charge is -2.77. The molecular formula is C25H36. The summed E-state index contributed by atoms with van der Waals surface area (Å²) in [5.74, 6) is 9.61. The van der Waals surface area contributed by atoms with Gasteiger partial charge >= 0.3 is 0 Å². The Morgan fingerprint density at radius 3 is 2.16 bits per heavy atom. The highest BCUT2D eigenvalue weighted by atomic mass is 15.0. The third kappa shape index (κ3) is 0.720. The first-order chi connectivity index (χ1) is 11.6. The largest absolute Gasteiger partial charge is 0.0617 e. The van der Waals surface area contributed by atoms with Crippen LogP contribution in [0.3, 0.4) is 0 Å². The van der Waals surface area contributed by atoms with E-state index >= 15 is 0 Å². The lowest BCUT2D eigenvalue weighted by atomic mass is 9.27. The van der Waals surface area contributed by atoms with E-state index in [4.69, 9.17) is 0 Å². The standard InChI is InChI=1S/C25H36/c1-11-16-14-8-24(16)13(3)22(11,6)23(7)17(14)19-18(24)15-9-25(19)12(2)20(23,4)10-21(15,25)5/h11-19H,8-10H2,1-7H3. The zero-order chi connectivity index (χ0) is 17.3. The Bertz CT molecular complexity index is 798. The SMILES string of the molecule is CC1C2C3CC24C2C5CC67C2C3C(C)(C(C)(CC56C)C7C)C1(C)C4C. The fourth-order valence-corrected chi connectivity index (χ4v) is 15.1. The average molecular weight is 337 g/mol. The molecule has 136 valence electrons. The molecular weight excluding hydrogens is 300 g/mol. The van der Waals surface area contributed by atoms with Crippen LogP contribution >= 0.6 is 0 Å². The van der Waals surface area contributed by atoms with Crippen molar-refractivity contribution in [3.8, 4) is 0 Å². The van der Waals surface area contributed by atoms with Crippen LogP contribution in [0.1, 0.15) is 67.7 Å². The third-order valence-corrected chi connectivity index (χ3v) is 15.6. The van der Waals surface area contributed by atoms with Gasteiger partial charge in [-0.25, -0.2) is 0 Å². The van der Waals surface area contributed by atoms with Gasteiger partial charge in [-0.05, 0) is 105 Å². The van der Waals surface area contributed by atoms with Crippen LogP contribution in [0, 0.1) is 85.8 Å². The highest BCUT2D eigenvalue weighted by Crippen LogP contribution is 3.04. The Balaban J connectivity index is 1.59. The van der Waals surface area contributed by atoms with Crippen molar-refractivity contribution < 1.29 is 0 Å². The van der Waals surface area contributed by atoms with Gasteiger partial charge in [-0.3, -0.25) is 0 Å². The molecule has 0 aliphatic heterocycles. The van der Waals surface area contributed by atoms with Gasteiger partial charge in [0.05, 0.1) is 0 Å². The minimum absolute atomic E-state index is 0.591. The molecule has 8 bridgehead atoms. The minimum atomic E-state index is 0.591. The fourth-order valence-electron chi connectivity index (χ4n) is 15.1. The smallest absolute Gasteiger partial charge is 0.0172 e. The van der Waals surface area contributed by atoms with Gasteiger partial charge in [0, 0.05) is 0 Å². The molecule has 8 fully saturated rings. The molecule has 0 saturated heterocycles. The third-order valence-electron chi connectivity index (χ3n) is 15.6. The fraction of sp³-hybridized carbons (Fsp3) is 1.00. The summed E-state index contributed by atoms with van der Waals surface area (Å²) in [5.41, 5.74) is 4.03. The summed E-state index contributed by atoms with van der Waals surface area (Å²) < 4.78 is 0. The van der Waals surface area contributed by atoms with Crippen molar-refractivity contribution in [3.05, 3.63) is 0 Å². The quantitative estimate of drug-likeness (QED) is 0.519. The first-order valence-corrected chi connectivity index (χ1v) is 11.6. The van der Waals surface area contributed by atoms with Crippen molar-refractivity contribution in [2.24, 2.45) is 85.8 Å². The maximum atomic E-state index is 2.86. The van der Waals surface area contributed by atoms with Gasteiger partial charge in [0.25, 0.3) is 0 Å². The van der Waals surface area contributed by atoms with Crippen LogP contribution in [0.25, 0.3) is 0 Å². The maximum Gasteiger partial charge on any atom is -0.0172 e. The Morgan fingerprint density at radius 1 is 0.720 bits per heavy atom. The van der Waals surface area contributed by atoms with E-state index < -0.39 is 0 Å². The second-order valence-corrected chi connectivity index (χ2v) is 13.7. The Kier molecular flexibility index (Phi) is 1.64. The van der Waals surface area contributed by atoms with Crippen LogP contribution in [0.4, 0.5) is 0 Å². The molecule has 0 heteroatoms. The molecule has 15 atom stereocenters. The van der Waals surface area contributed by atoms with Gasteiger partial charge in [-0.15, -0.1) is 0 Å². The number of hydrogen-bond acceptors (Lipinski definition) is 0. The summed E-state index contributed by atoms with van der Waals surface area (Å²) in [5, 5.41) is 0. The molecule has 0 aromatic heterocycles. The van der Waals surface area contributed by atoms with Crippen molar-refractivity contribution in [2.45, 2.75) is 67.7 Å². The van der Waals surface area contributed by atoms with Gasteiger partial charge in [-0.2, -0.15) is 0 Å². The molecule has 8 rings (SSSR count). The summed E-state index contributed by atoms with van der Waals surface area (Å²) in [6.45, 7) is 19.5. The van der Waals surface area contributed by atoms with Gasteiger partial charge in [0.1, 0.15) is 0 Å². The molecule has 0 N–H and O–H groups in total. The predicted molar refractivity (Wildman–Crippen MR) is 99.6 cm³/mol. The number of fused-ring (bicyclic) bond motifs is 5. The molecule has 0 aromatic carbocycles. The van der Waals surface area contributed by atoms with E-state index in [2.05, 4.69) is 48.5 Å². The van der Waals surface area contributed by atoms with Crippen LogP contribution in [-0.4, -0.2) is 0 Å². The monoisotopic (exact) mass is 336 g/mol. The van der Waals surface area contributed by atoms with Crippen molar-refractivity contribution in [2.75, 3.05) is 0 Å². The summed E-state index contributed by atoms with van der Waals surface area (Å²) in [7, 11) is 0. The second kappa shape index (κ2) is 2.91. The lowest BCUT2D eigenvalue weighted by molar-refractivity contribution is -0.303. The van der Waals surface area contributed by atoms with Crippen LogP contribution < -0.4 is 0 Å². The molecule has 0 heterocycles. The van der Waals surface area contributed by atoms with Crippen molar-refractivity contribution in [1.82, 2.24) is 0 Å². The Hall–Kier alpha value is 0. The summed E-state index contributed by atoms with van der Waals surface area (Å²) >= 11 is 0. The van der Waals surface area contributed by atoms with Crippen LogP contribution in [0.2, 0.25) is 0 Å². The molecule has 0 aromatic rings. The van der Waals surface area contributed by atoms with Gasteiger partial charge < -0.3 is 0 Å². The average Bonchev–Trinajstić information content (AvgIpc) is 3.06. The maximum absolute atomic E-state index is 2.86. The zero-order valence-corrected chi connectivity index (χ0v) is 17.3. The van der Waals surface area contributed by atoms with Gasteiger partial charge in [0.2, 0.25) is 0 Å². The topological polar surface area (TPSA) is 0 Å². The van der Waals surface area contributed by atoms with E-state index in [0.29, 0.717) is 21.7 Å². The van der Waals surface area contributed by atoms with Gasteiger partial charge in [-0.1, -0.05) is 48.5 Å². The molecule has 8 saturated carbocycles. The van der Waals surface area contributed by atoms with E-state index in [9.17, 15) is 0 Å². The zero-order valence-electron chi connectivity index (χ0n) is 17.3. The first kappa shape index (κ1) is 14.1. The minimum Gasteiger partial charge on any atom is -0.0617 e. The molecule has 0 nitrogen and oxygen atoms in total. The molecule has 25 heavy (non-hydrogen) atoms. The van der Waals surface area contributed by atoms with Gasteiger partial charge in [0.15, 0.2) is 0 Å². The van der Waals surface area contributed by atoms with Crippen molar-refractivity contribution in [3.63, 3.8) is 0 Å². The Morgan fingerprint density at radius 2 is 1.44 bits per heavy atom. The lowest BCUT2D eigenvalue weighted by Crippen LogP contribution is -2.73. The van der Waals surface area contributed by atoms with Crippen LogP contribution in [-0.2, 0) is 0 Å². The molecule has 8 aliphatic rings. The van der Waals surface area contributed by atoms with E-state index in [1.54, 1.807) is 19.3 Å². The summed E-state index contributed by atoms with van der Waals surface area (Å²) in [6, 6.07) is 0. The van der Waals surface area contributed by atoms with Crippen LogP contribution in [0.15, 0.2) is 0 Å². The number of rotatable bonds is 0. The molecule has 0 radical (unpaired) electrons. The second-order valence-electron chi connectivity index (χ2n) is 13.7. The normalized spacial score (nSPS) is 88.7. The van der Waals surface area contributed by atoms with Crippen molar-refractivity contribution >= 4 is 0 Å². The van der Waals surface area contributed by atoms with E-state index in [1.807, 2.05) is 0 Å². The van der Waals surface area contributed by atoms with E-state index in [1.165, 1.54) is 0 Å². The van der Waals surface area contributed by atoms with Crippen molar-refractivity contribution in [1.29, 1.82) is 0 Å². The molecule has 8 aliphatic carbocycles. The summed E-state index contributed by atoms with van der Waals surface area (Å²) in [4.78, 5) is 0. The van der Waals surface area contributed by atoms with E-state index in [-0.39, 0.29) is 0 Å². The molecule has 15 unspecified atom stereocenters. The highest BCUT2D eigenvalue weighted by molar-refractivity contribution is 5.47. The highest BCUT2D eigenvalue weighted by Gasteiger charge is 3.00. The first-order valence-electron chi connectivity index (χ1n) is 11.6. The Labute approximate surface area is 153 Å².